The second-order valence-electron chi connectivity index (χ2n) is 7.33. The first-order valence-corrected chi connectivity index (χ1v) is 7.75. The van der Waals surface area contributed by atoms with E-state index in [2.05, 4.69) is 20.8 Å². The predicted molar refractivity (Wildman–Crippen MR) is 73.6 cm³/mol. The van der Waals surface area contributed by atoms with E-state index in [-0.39, 0.29) is 17.1 Å². The molecular formula is C16H25NO2. The van der Waals surface area contributed by atoms with Crippen molar-refractivity contribution in [2.24, 2.45) is 16.7 Å². The Morgan fingerprint density at radius 3 is 2.53 bits per heavy atom. The zero-order chi connectivity index (χ0) is 13.8. The summed E-state index contributed by atoms with van der Waals surface area (Å²) in [6.45, 7) is 7.26. The highest BCUT2D eigenvalue weighted by Crippen LogP contribution is 2.64. The summed E-state index contributed by atoms with van der Waals surface area (Å²) in [5, 5.41) is 0. The molecule has 1 aliphatic heterocycles. The summed E-state index contributed by atoms with van der Waals surface area (Å²) in [7, 11) is 0. The van der Waals surface area contributed by atoms with Crippen molar-refractivity contribution in [3.05, 3.63) is 0 Å². The van der Waals surface area contributed by atoms with E-state index in [1.165, 1.54) is 6.42 Å². The van der Waals surface area contributed by atoms with Crippen LogP contribution in [0.3, 0.4) is 0 Å². The van der Waals surface area contributed by atoms with Crippen LogP contribution in [0.25, 0.3) is 0 Å². The molecule has 19 heavy (non-hydrogen) atoms. The van der Waals surface area contributed by atoms with E-state index in [0.717, 1.165) is 32.2 Å². The molecule has 3 nitrogen and oxygen atoms in total. The van der Waals surface area contributed by atoms with E-state index in [4.69, 9.17) is 0 Å². The lowest BCUT2D eigenvalue weighted by Gasteiger charge is -2.43. The minimum atomic E-state index is -0.691. The highest BCUT2D eigenvalue weighted by atomic mass is 16.2. The van der Waals surface area contributed by atoms with Crippen LogP contribution in [0, 0.1) is 16.7 Å². The van der Waals surface area contributed by atoms with Gasteiger partial charge in [0.15, 0.2) is 0 Å². The van der Waals surface area contributed by atoms with Gasteiger partial charge in [0.2, 0.25) is 5.91 Å². The minimum absolute atomic E-state index is 0.141. The molecule has 3 aliphatic rings. The van der Waals surface area contributed by atoms with E-state index >= 15 is 0 Å². The highest BCUT2D eigenvalue weighted by Gasteiger charge is 2.69. The average molecular weight is 263 g/mol. The molecule has 0 spiro atoms. The predicted octanol–water partition coefficient (Wildman–Crippen LogP) is 2.78. The van der Waals surface area contributed by atoms with Gasteiger partial charge in [-0.3, -0.25) is 9.59 Å². The number of likely N-dealkylation sites (tertiary alicyclic amines) is 1. The topological polar surface area (TPSA) is 37.4 Å². The molecule has 0 radical (unpaired) electrons. The SMILES string of the molecule is CC1CCCCN1C(=O)C12CCC(CC1=O)C2(C)C. The Morgan fingerprint density at radius 1 is 1.26 bits per heavy atom. The van der Waals surface area contributed by atoms with Gasteiger partial charge >= 0.3 is 0 Å². The first kappa shape index (κ1) is 13.1. The first-order valence-electron chi connectivity index (χ1n) is 7.75. The third-order valence-corrected chi connectivity index (χ3v) is 6.33. The minimum Gasteiger partial charge on any atom is -0.339 e. The summed E-state index contributed by atoms with van der Waals surface area (Å²) in [4.78, 5) is 27.6. The lowest BCUT2D eigenvalue weighted by Crippen LogP contribution is -2.55. The number of Topliss-reactive ketones (excluding diaryl/α,β-unsaturated/α-hetero) is 1. The lowest BCUT2D eigenvalue weighted by atomic mass is 9.67. The number of carbonyl (C=O) groups is 2. The van der Waals surface area contributed by atoms with E-state index in [0.29, 0.717) is 18.4 Å². The van der Waals surface area contributed by atoms with Crippen molar-refractivity contribution < 1.29 is 9.59 Å². The Bertz CT molecular complexity index is 428. The number of ketones is 1. The summed E-state index contributed by atoms with van der Waals surface area (Å²) < 4.78 is 0. The first-order chi connectivity index (χ1) is 8.91. The molecule has 2 bridgehead atoms. The molecule has 0 aromatic rings. The average Bonchev–Trinajstić information content (AvgIpc) is 2.73. The van der Waals surface area contributed by atoms with Crippen LogP contribution in [0.1, 0.15) is 59.3 Å². The van der Waals surface area contributed by atoms with Crippen molar-refractivity contribution in [3.63, 3.8) is 0 Å². The van der Waals surface area contributed by atoms with Gasteiger partial charge in [0.25, 0.3) is 0 Å². The molecule has 3 fully saturated rings. The Hall–Kier alpha value is -0.860. The van der Waals surface area contributed by atoms with Gasteiger partial charge in [0.1, 0.15) is 11.2 Å². The third kappa shape index (κ3) is 1.50. The van der Waals surface area contributed by atoms with E-state index in [1.54, 1.807) is 0 Å². The van der Waals surface area contributed by atoms with Gasteiger partial charge in [0, 0.05) is 19.0 Å². The van der Waals surface area contributed by atoms with Gasteiger partial charge in [-0.25, -0.2) is 0 Å². The van der Waals surface area contributed by atoms with Crippen LogP contribution in [-0.2, 0) is 9.59 Å². The van der Waals surface area contributed by atoms with Crippen LogP contribution >= 0.6 is 0 Å². The molecule has 2 aliphatic carbocycles. The molecule has 1 amide bonds. The van der Waals surface area contributed by atoms with E-state index in [1.807, 2.05) is 4.90 Å². The molecule has 3 heteroatoms. The third-order valence-electron chi connectivity index (χ3n) is 6.33. The van der Waals surface area contributed by atoms with Crippen LogP contribution in [0.2, 0.25) is 0 Å². The summed E-state index contributed by atoms with van der Waals surface area (Å²) in [6.07, 6.45) is 5.83. The second-order valence-corrected chi connectivity index (χ2v) is 7.33. The lowest BCUT2D eigenvalue weighted by molar-refractivity contribution is -0.155. The fourth-order valence-electron chi connectivity index (χ4n) is 4.82. The zero-order valence-electron chi connectivity index (χ0n) is 12.4. The van der Waals surface area contributed by atoms with Crippen molar-refractivity contribution >= 4 is 11.7 Å². The molecule has 3 atom stereocenters. The van der Waals surface area contributed by atoms with Gasteiger partial charge < -0.3 is 4.90 Å². The Balaban J connectivity index is 1.95. The summed E-state index contributed by atoms with van der Waals surface area (Å²) in [5.41, 5.74) is -0.832. The summed E-state index contributed by atoms with van der Waals surface area (Å²) in [5.74, 6) is 0.787. The fourth-order valence-corrected chi connectivity index (χ4v) is 4.82. The van der Waals surface area contributed by atoms with Crippen molar-refractivity contribution in [3.8, 4) is 0 Å². The molecule has 3 unspecified atom stereocenters. The van der Waals surface area contributed by atoms with Gasteiger partial charge in [-0.2, -0.15) is 0 Å². The number of piperidine rings is 1. The maximum Gasteiger partial charge on any atom is 0.237 e. The van der Waals surface area contributed by atoms with Crippen molar-refractivity contribution in [1.82, 2.24) is 4.90 Å². The summed E-state index contributed by atoms with van der Waals surface area (Å²) >= 11 is 0. The number of fused-ring (bicyclic) bond motifs is 2. The monoisotopic (exact) mass is 263 g/mol. The molecule has 1 saturated heterocycles. The molecular weight excluding hydrogens is 238 g/mol. The number of rotatable bonds is 1. The van der Waals surface area contributed by atoms with Crippen LogP contribution in [0.15, 0.2) is 0 Å². The largest absolute Gasteiger partial charge is 0.339 e. The second kappa shape index (κ2) is 4.07. The highest BCUT2D eigenvalue weighted by molar-refractivity contribution is 6.09. The van der Waals surface area contributed by atoms with Crippen molar-refractivity contribution in [1.29, 1.82) is 0 Å². The zero-order valence-corrected chi connectivity index (χ0v) is 12.4. The smallest absolute Gasteiger partial charge is 0.237 e. The number of carbonyl (C=O) groups excluding carboxylic acids is 2. The Labute approximate surface area is 115 Å². The van der Waals surface area contributed by atoms with Crippen LogP contribution < -0.4 is 0 Å². The quantitative estimate of drug-likeness (QED) is 0.682. The molecule has 1 heterocycles. The molecule has 0 aromatic carbocycles. The van der Waals surface area contributed by atoms with E-state index < -0.39 is 5.41 Å². The Kier molecular flexibility index (Phi) is 2.81. The van der Waals surface area contributed by atoms with Gasteiger partial charge in [0.05, 0.1) is 0 Å². The van der Waals surface area contributed by atoms with E-state index in [9.17, 15) is 9.59 Å². The van der Waals surface area contributed by atoms with Gasteiger partial charge in [-0.05, 0) is 50.4 Å². The maximum absolute atomic E-state index is 13.1. The van der Waals surface area contributed by atoms with Gasteiger partial charge in [-0.15, -0.1) is 0 Å². The number of hydrogen-bond donors (Lipinski definition) is 0. The fraction of sp³-hybridized carbons (Fsp3) is 0.875. The number of amides is 1. The van der Waals surface area contributed by atoms with Crippen LogP contribution in [-0.4, -0.2) is 29.2 Å². The molecule has 3 rings (SSSR count). The van der Waals surface area contributed by atoms with Crippen molar-refractivity contribution in [2.45, 2.75) is 65.3 Å². The molecule has 106 valence electrons. The maximum atomic E-state index is 13.1. The normalized spacial score (nSPS) is 40.8. The standard InChI is InChI=1S/C16H25NO2/c1-11-6-4-5-9-17(11)14(19)16-8-7-12(10-13(16)18)15(16,2)3/h11-12H,4-10H2,1-3H3. The van der Waals surface area contributed by atoms with Crippen molar-refractivity contribution in [2.75, 3.05) is 6.54 Å². The molecule has 0 N–H and O–H groups in total. The van der Waals surface area contributed by atoms with Crippen LogP contribution in [0.5, 0.6) is 0 Å². The van der Waals surface area contributed by atoms with Gasteiger partial charge in [-0.1, -0.05) is 13.8 Å². The number of hydrogen-bond acceptors (Lipinski definition) is 2. The summed E-state index contributed by atoms with van der Waals surface area (Å²) in [6, 6.07) is 0.305. The van der Waals surface area contributed by atoms with Crippen LogP contribution in [0.4, 0.5) is 0 Å². The molecule has 0 aromatic heterocycles. The molecule has 2 saturated carbocycles. The number of nitrogens with zero attached hydrogens (tertiary/aromatic N) is 1. The Morgan fingerprint density at radius 2 is 2.00 bits per heavy atom.